The number of halogens is 2. The molecule has 0 spiro atoms. The van der Waals surface area contributed by atoms with Crippen molar-refractivity contribution in [1.82, 2.24) is 0 Å². The van der Waals surface area contributed by atoms with Crippen LogP contribution >= 0.6 is 31.9 Å². The Morgan fingerprint density at radius 3 is 1.76 bits per heavy atom. The highest BCUT2D eigenvalue weighted by atomic mass is 79.9. The Morgan fingerprint density at radius 2 is 1.32 bits per heavy atom. The van der Waals surface area contributed by atoms with Crippen molar-refractivity contribution in [3.63, 3.8) is 0 Å². The predicted octanol–water partition coefficient (Wildman–Crippen LogP) is 3.26. The lowest BCUT2D eigenvalue weighted by molar-refractivity contribution is -0.459. The fourth-order valence-electron chi connectivity index (χ4n) is 6.21. The maximum Gasteiger partial charge on any atom is 0.138 e. The quantitative estimate of drug-likeness (QED) is 0.303. The lowest BCUT2D eigenvalue weighted by Gasteiger charge is -2.80. The van der Waals surface area contributed by atoms with Crippen LogP contribution in [-0.2, 0) is 0 Å². The van der Waals surface area contributed by atoms with Crippen molar-refractivity contribution in [1.29, 1.82) is 0 Å². The Balaban J connectivity index is 1.83. The molecule has 4 rings (SSSR count). The van der Waals surface area contributed by atoms with Gasteiger partial charge in [-0.2, -0.15) is 0 Å². The van der Waals surface area contributed by atoms with E-state index in [1.165, 1.54) is 0 Å². The monoisotopic (exact) mass is 598 g/mol. The van der Waals surface area contributed by atoms with Gasteiger partial charge in [-0.15, -0.1) is 0 Å². The molecule has 2 aromatic rings. The Bertz CT molecular complexity index is 1100. The van der Waals surface area contributed by atoms with Crippen molar-refractivity contribution < 1.29 is 30.6 Å². The van der Waals surface area contributed by atoms with Crippen molar-refractivity contribution >= 4 is 31.9 Å². The summed E-state index contributed by atoms with van der Waals surface area (Å²) in [6.45, 7) is 7.32. The van der Waals surface area contributed by atoms with Crippen LogP contribution in [0.5, 0.6) is 0 Å². The molecular weight excluding hydrogens is 568 g/mol. The van der Waals surface area contributed by atoms with Crippen LogP contribution in [0.2, 0.25) is 0 Å². The molecule has 0 aromatic heterocycles. The SMILES string of the molecule is CC(C)c1ccc(C2C(O)[C@@]3(O)C(c4ccc(C(C)C)c(Br)c4)[C@@](O)([C@H](O)CO)[C@@]23O)cc1Br. The summed E-state index contributed by atoms with van der Waals surface area (Å²) in [6, 6.07) is 10.7. The van der Waals surface area contributed by atoms with E-state index in [0.717, 1.165) is 20.1 Å². The molecular formula is C26H32Br2O6. The Hall–Kier alpha value is -0.840. The Kier molecular flexibility index (Phi) is 6.66. The third-order valence-corrected chi connectivity index (χ3v) is 9.36. The molecule has 3 unspecified atom stereocenters. The topological polar surface area (TPSA) is 121 Å². The molecule has 0 aliphatic heterocycles. The smallest absolute Gasteiger partial charge is 0.138 e. The third kappa shape index (κ3) is 3.13. The first-order valence-corrected chi connectivity index (χ1v) is 13.1. The molecule has 34 heavy (non-hydrogen) atoms. The van der Waals surface area contributed by atoms with E-state index in [0.29, 0.717) is 11.1 Å². The van der Waals surface area contributed by atoms with Gasteiger partial charge in [0, 0.05) is 14.9 Å². The highest BCUT2D eigenvalue weighted by Crippen LogP contribution is 2.75. The zero-order valence-electron chi connectivity index (χ0n) is 19.6. The van der Waals surface area contributed by atoms with Crippen molar-refractivity contribution in [3.8, 4) is 0 Å². The number of hydrogen-bond donors (Lipinski definition) is 6. The van der Waals surface area contributed by atoms with E-state index in [4.69, 9.17) is 0 Å². The van der Waals surface area contributed by atoms with Crippen molar-refractivity contribution in [2.45, 2.75) is 80.4 Å². The molecule has 6 N–H and O–H groups in total. The zero-order valence-corrected chi connectivity index (χ0v) is 22.7. The fourth-order valence-corrected chi connectivity index (χ4v) is 7.92. The standard InChI is InChI=1S/C26H32Br2O6/c1-12(2)16-7-5-14(9-18(16)27)21-23(31)25(33)22(24(32,20(30)11-29)26(21,25)34)15-6-8-17(13(3)4)19(28)10-15/h5-10,12-13,20-23,29-34H,11H2,1-4H3/t20-,21?,22?,23?,24+,25+,26+/m1/s1. The minimum atomic E-state index is -2.30. The van der Waals surface area contributed by atoms with Gasteiger partial charge in [0.2, 0.25) is 0 Å². The number of aliphatic hydroxyl groups is 6. The first-order chi connectivity index (χ1) is 15.8. The Labute approximate surface area is 216 Å². The average Bonchev–Trinajstić information content (AvgIpc) is 2.77. The minimum Gasteiger partial charge on any atom is -0.394 e. The van der Waals surface area contributed by atoms with E-state index in [2.05, 4.69) is 31.9 Å². The van der Waals surface area contributed by atoms with E-state index in [9.17, 15) is 30.6 Å². The molecule has 0 bridgehead atoms. The van der Waals surface area contributed by atoms with Crippen molar-refractivity contribution in [2.24, 2.45) is 0 Å². The summed E-state index contributed by atoms with van der Waals surface area (Å²) in [5.41, 5.74) is -3.71. The van der Waals surface area contributed by atoms with Crippen LogP contribution in [0.25, 0.3) is 0 Å². The molecule has 6 nitrogen and oxygen atoms in total. The molecule has 0 heterocycles. The first kappa shape index (κ1) is 26.2. The van der Waals surface area contributed by atoms with Gasteiger partial charge in [0.05, 0.1) is 18.6 Å². The second-order valence-corrected chi connectivity index (χ2v) is 12.1. The molecule has 2 aliphatic carbocycles. The van der Waals surface area contributed by atoms with Gasteiger partial charge in [-0.05, 0) is 46.2 Å². The van der Waals surface area contributed by atoms with E-state index < -0.39 is 47.5 Å². The van der Waals surface area contributed by atoms with Crippen LogP contribution in [0.3, 0.4) is 0 Å². The van der Waals surface area contributed by atoms with Gasteiger partial charge in [-0.1, -0.05) is 83.8 Å². The van der Waals surface area contributed by atoms with Gasteiger partial charge < -0.3 is 30.6 Å². The van der Waals surface area contributed by atoms with Gasteiger partial charge in [0.15, 0.2) is 0 Å². The van der Waals surface area contributed by atoms with Crippen LogP contribution in [-0.4, -0.2) is 66.3 Å². The minimum absolute atomic E-state index is 0.220. The zero-order chi connectivity index (χ0) is 25.4. The van der Waals surface area contributed by atoms with Crippen molar-refractivity contribution in [3.05, 3.63) is 67.6 Å². The average molecular weight is 600 g/mol. The van der Waals surface area contributed by atoms with E-state index in [-0.39, 0.29) is 11.8 Å². The number of aliphatic hydroxyl groups excluding tert-OH is 3. The lowest BCUT2D eigenvalue weighted by atomic mass is 9.30. The van der Waals surface area contributed by atoms with Crippen LogP contribution < -0.4 is 0 Å². The molecule has 186 valence electrons. The maximum atomic E-state index is 11.8. The predicted molar refractivity (Wildman–Crippen MR) is 136 cm³/mol. The van der Waals surface area contributed by atoms with Crippen LogP contribution in [0.4, 0.5) is 0 Å². The summed E-state index contributed by atoms with van der Waals surface area (Å²) in [5, 5.41) is 66.9. The summed E-state index contributed by atoms with van der Waals surface area (Å²) in [4.78, 5) is 0. The second-order valence-electron chi connectivity index (χ2n) is 10.3. The summed E-state index contributed by atoms with van der Waals surface area (Å²) in [7, 11) is 0. The summed E-state index contributed by atoms with van der Waals surface area (Å²) >= 11 is 7.07. The number of rotatable bonds is 6. The van der Waals surface area contributed by atoms with E-state index >= 15 is 0 Å². The molecule has 0 radical (unpaired) electrons. The second kappa shape index (κ2) is 8.63. The van der Waals surface area contributed by atoms with Gasteiger partial charge in [0.25, 0.3) is 0 Å². The van der Waals surface area contributed by atoms with E-state index in [1.807, 2.05) is 39.8 Å². The van der Waals surface area contributed by atoms with Gasteiger partial charge >= 0.3 is 0 Å². The molecule has 2 saturated carbocycles. The summed E-state index contributed by atoms with van der Waals surface area (Å²) in [5.74, 6) is -1.84. The summed E-state index contributed by atoms with van der Waals surface area (Å²) in [6.07, 6.45) is -3.16. The largest absolute Gasteiger partial charge is 0.394 e. The molecule has 0 saturated heterocycles. The number of fused-ring (bicyclic) bond motifs is 1. The van der Waals surface area contributed by atoms with Crippen molar-refractivity contribution in [2.75, 3.05) is 6.61 Å². The molecule has 2 aliphatic rings. The molecule has 2 aromatic carbocycles. The van der Waals surface area contributed by atoms with Crippen LogP contribution in [0.15, 0.2) is 45.3 Å². The van der Waals surface area contributed by atoms with Gasteiger partial charge in [0.1, 0.15) is 22.9 Å². The van der Waals surface area contributed by atoms with Gasteiger partial charge in [-0.3, -0.25) is 0 Å². The fraction of sp³-hybridized carbons (Fsp3) is 0.538. The lowest BCUT2D eigenvalue weighted by Crippen LogP contribution is -2.99. The number of benzene rings is 2. The first-order valence-electron chi connectivity index (χ1n) is 11.5. The van der Waals surface area contributed by atoms with Crippen LogP contribution in [0.1, 0.15) is 73.6 Å². The highest BCUT2D eigenvalue weighted by molar-refractivity contribution is 9.10. The van der Waals surface area contributed by atoms with Gasteiger partial charge in [-0.25, -0.2) is 0 Å². The molecule has 7 atom stereocenters. The highest BCUT2D eigenvalue weighted by Gasteiger charge is 2.93. The van der Waals surface area contributed by atoms with E-state index in [1.54, 1.807) is 24.3 Å². The third-order valence-electron chi connectivity index (χ3n) is 7.98. The number of hydrogen-bond acceptors (Lipinski definition) is 6. The molecule has 8 heteroatoms. The maximum absolute atomic E-state index is 11.8. The summed E-state index contributed by atoms with van der Waals surface area (Å²) < 4.78 is 1.53. The van der Waals surface area contributed by atoms with Crippen LogP contribution in [0, 0.1) is 0 Å². The Morgan fingerprint density at radius 1 is 0.853 bits per heavy atom. The molecule has 0 amide bonds. The normalized spacial score (nSPS) is 35.6. The molecule has 2 fully saturated rings.